The normalized spacial score (nSPS) is 13.1. The van der Waals surface area contributed by atoms with Crippen molar-refractivity contribution < 1.29 is 32.1 Å². The maximum absolute atomic E-state index is 13.9. The highest BCUT2D eigenvalue weighted by Crippen LogP contribution is 2.32. The minimum absolute atomic E-state index is 0.0152. The summed E-state index contributed by atoms with van der Waals surface area (Å²) in [5, 5.41) is 10.9. The van der Waals surface area contributed by atoms with Crippen LogP contribution in [-0.2, 0) is 15.9 Å². The van der Waals surface area contributed by atoms with Crippen LogP contribution in [-0.4, -0.2) is 24.3 Å². The first-order chi connectivity index (χ1) is 14.3. The molecule has 0 aromatic heterocycles. The van der Waals surface area contributed by atoms with Crippen molar-refractivity contribution in [3.8, 4) is 0 Å². The van der Waals surface area contributed by atoms with Gasteiger partial charge in [-0.05, 0) is 51.2 Å². The van der Waals surface area contributed by atoms with Gasteiger partial charge < -0.3 is 14.6 Å². The number of hydrogen-bond donors (Lipinski definition) is 1. The van der Waals surface area contributed by atoms with E-state index in [0.29, 0.717) is 25.3 Å². The highest BCUT2D eigenvalue weighted by molar-refractivity contribution is 5.21. The van der Waals surface area contributed by atoms with Crippen LogP contribution in [0.25, 0.3) is 0 Å². The summed E-state index contributed by atoms with van der Waals surface area (Å²) < 4.78 is 64.9. The number of rotatable bonds is 16. The quantitative estimate of drug-likeness (QED) is 0.104. The van der Waals surface area contributed by atoms with Gasteiger partial charge in [-0.2, -0.15) is 0 Å². The highest BCUT2D eigenvalue weighted by atomic mass is 19.2. The zero-order valence-corrected chi connectivity index (χ0v) is 18.4. The predicted molar refractivity (Wildman–Crippen MR) is 109 cm³/mol. The molecule has 3 nitrogen and oxygen atoms in total. The van der Waals surface area contributed by atoms with Crippen LogP contribution < -0.4 is 0 Å². The van der Waals surface area contributed by atoms with Crippen LogP contribution in [0.5, 0.6) is 0 Å². The fourth-order valence-electron chi connectivity index (χ4n) is 3.71. The minimum Gasteiger partial charge on any atom is -0.343 e. The molecule has 174 valence electrons. The predicted octanol–water partition coefficient (Wildman–Crippen LogP) is 6.65. The monoisotopic (exact) mass is 436 g/mol. The van der Waals surface area contributed by atoms with Crippen molar-refractivity contribution in [3.63, 3.8) is 0 Å². The van der Waals surface area contributed by atoms with Crippen LogP contribution in [0.15, 0.2) is 6.07 Å². The van der Waals surface area contributed by atoms with E-state index in [-0.39, 0.29) is 31.1 Å². The Bertz CT molecular complexity index is 619. The van der Waals surface area contributed by atoms with E-state index in [1.54, 1.807) is 13.8 Å². The first-order valence-electron chi connectivity index (χ1n) is 11.1. The van der Waals surface area contributed by atoms with Gasteiger partial charge in [0.2, 0.25) is 0 Å². The molecule has 1 aromatic rings. The van der Waals surface area contributed by atoms with Crippen LogP contribution in [0.4, 0.5) is 17.6 Å². The molecule has 1 unspecified atom stereocenters. The zero-order valence-electron chi connectivity index (χ0n) is 18.4. The SMILES string of the molecule is CCCCCCCCC(CCCc1cc(F)c(F)c(F)c1F)C(O)(OCC)OCC. The second-order valence-corrected chi connectivity index (χ2v) is 7.60. The number of hydrogen-bond acceptors (Lipinski definition) is 3. The van der Waals surface area contributed by atoms with Gasteiger partial charge in [0.15, 0.2) is 23.3 Å². The fraction of sp³-hybridized carbons (Fsp3) is 0.739. The van der Waals surface area contributed by atoms with Crippen molar-refractivity contribution in [2.45, 2.75) is 91.0 Å². The van der Waals surface area contributed by atoms with Crippen molar-refractivity contribution in [3.05, 3.63) is 34.9 Å². The van der Waals surface area contributed by atoms with Gasteiger partial charge in [-0.25, -0.2) is 17.6 Å². The topological polar surface area (TPSA) is 38.7 Å². The van der Waals surface area contributed by atoms with E-state index in [2.05, 4.69) is 6.92 Å². The van der Waals surface area contributed by atoms with Gasteiger partial charge in [-0.3, -0.25) is 0 Å². The number of halogens is 4. The fourth-order valence-corrected chi connectivity index (χ4v) is 3.71. The lowest BCUT2D eigenvalue weighted by molar-refractivity contribution is -0.385. The third kappa shape index (κ3) is 8.16. The molecule has 0 saturated heterocycles. The lowest BCUT2D eigenvalue weighted by atomic mass is 9.91. The van der Waals surface area contributed by atoms with Crippen LogP contribution in [0.1, 0.15) is 84.1 Å². The molecule has 0 saturated carbocycles. The number of benzene rings is 1. The van der Waals surface area contributed by atoms with Crippen LogP contribution >= 0.6 is 0 Å². The van der Waals surface area contributed by atoms with Crippen molar-refractivity contribution >= 4 is 0 Å². The third-order valence-electron chi connectivity index (χ3n) is 5.30. The Labute approximate surface area is 177 Å². The molecule has 0 spiro atoms. The molecule has 7 heteroatoms. The summed E-state index contributed by atoms with van der Waals surface area (Å²) in [5.41, 5.74) is -0.221. The lowest BCUT2D eigenvalue weighted by Crippen LogP contribution is -2.44. The second-order valence-electron chi connectivity index (χ2n) is 7.60. The van der Waals surface area contributed by atoms with E-state index >= 15 is 0 Å². The van der Waals surface area contributed by atoms with Gasteiger partial charge in [-0.1, -0.05) is 45.4 Å². The zero-order chi connectivity index (χ0) is 22.6. The average molecular weight is 437 g/mol. The van der Waals surface area contributed by atoms with Gasteiger partial charge in [0.1, 0.15) is 0 Å². The molecular formula is C23H36F4O3. The summed E-state index contributed by atoms with van der Waals surface area (Å²) in [4.78, 5) is 0. The summed E-state index contributed by atoms with van der Waals surface area (Å²) in [6, 6.07) is 0.688. The molecule has 1 N–H and O–H groups in total. The van der Waals surface area contributed by atoms with Crippen molar-refractivity contribution in [2.75, 3.05) is 13.2 Å². The number of aryl methyl sites for hydroxylation is 1. The first kappa shape index (κ1) is 26.9. The molecule has 1 aromatic carbocycles. The van der Waals surface area contributed by atoms with E-state index in [9.17, 15) is 22.7 Å². The van der Waals surface area contributed by atoms with Gasteiger partial charge >= 0.3 is 0 Å². The first-order valence-corrected chi connectivity index (χ1v) is 11.1. The molecule has 1 rings (SSSR count). The van der Waals surface area contributed by atoms with Crippen molar-refractivity contribution in [1.29, 1.82) is 0 Å². The molecule has 0 aliphatic rings. The summed E-state index contributed by atoms with van der Waals surface area (Å²) in [5.74, 6) is -8.51. The largest absolute Gasteiger partial charge is 0.343 e. The van der Waals surface area contributed by atoms with E-state index in [4.69, 9.17) is 9.47 Å². The Hall–Kier alpha value is -1.18. The Morgan fingerprint density at radius 1 is 0.800 bits per heavy atom. The molecule has 0 bridgehead atoms. The standard InChI is InChI=1S/C23H36F4O3/c1-4-7-8-9-10-11-14-18(23(28,29-5-2)30-6-3)15-12-13-17-16-19(24)21(26)22(27)20(17)25/h16,18,28H,4-15H2,1-3H3. The summed E-state index contributed by atoms with van der Waals surface area (Å²) in [7, 11) is 0. The van der Waals surface area contributed by atoms with Crippen LogP contribution in [0.2, 0.25) is 0 Å². The number of aliphatic hydroxyl groups is 1. The average Bonchev–Trinajstić information content (AvgIpc) is 2.71. The molecule has 0 fully saturated rings. The minimum atomic E-state index is -1.81. The lowest BCUT2D eigenvalue weighted by Gasteiger charge is -2.35. The highest BCUT2D eigenvalue weighted by Gasteiger charge is 2.38. The van der Waals surface area contributed by atoms with E-state index in [1.165, 1.54) is 12.8 Å². The van der Waals surface area contributed by atoms with E-state index in [1.807, 2.05) is 0 Å². The van der Waals surface area contributed by atoms with Gasteiger partial charge in [0, 0.05) is 19.1 Å². The number of ether oxygens (including phenoxy) is 2. The molecule has 0 aliphatic heterocycles. The number of unbranched alkanes of at least 4 members (excludes halogenated alkanes) is 5. The smallest absolute Gasteiger partial charge is 0.283 e. The van der Waals surface area contributed by atoms with Crippen molar-refractivity contribution in [1.82, 2.24) is 0 Å². The summed E-state index contributed by atoms with van der Waals surface area (Å²) >= 11 is 0. The maximum Gasteiger partial charge on any atom is 0.283 e. The summed E-state index contributed by atoms with van der Waals surface area (Å²) in [6.45, 7) is 6.18. The Balaban J connectivity index is 2.77. The molecular weight excluding hydrogens is 400 g/mol. The third-order valence-corrected chi connectivity index (χ3v) is 5.30. The van der Waals surface area contributed by atoms with Crippen LogP contribution in [0, 0.1) is 29.2 Å². The van der Waals surface area contributed by atoms with Gasteiger partial charge in [-0.15, -0.1) is 0 Å². The van der Waals surface area contributed by atoms with E-state index < -0.39 is 29.2 Å². The maximum atomic E-state index is 13.9. The van der Waals surface area contributed by atoms with Crippen LogP contribution in [0.3, 0.4) is 0 Å². The Kier molecular flexibility index (Phi) is 12.5. The van der Waals surface area contributed by atoms with Gasteiger partial charge in [0.05, 0.1) is 0 Å². The second kappa shape index (κ2) is 14.0. The Morgan fingerprint density at radius 3 is 1.97 bits per heavy atom. The Morgan fingerprint density at radius 2 is 1.37 bits per heavy atom. The van der Waals surface area contributed by atoms with Crippen molar-refractivity contribution in [2.24, 2.45) is 5.92 Å². The molecule has 0 radical (unpaired) electrons. The molecule has 0 heterocycles. The molecule has 1 atom stereocenters. The van der Waals surface area contributed by atoms with E-state index in [0.717, 1.165) is 25.7 Å². The molecule has 30 heavy (non-hydrogen) atoms. The summed E-state index contributed by atoms with van der Waals surface area (Å²) in [6.07, 6.45) is 7.96. The molecule has 0 aliphatic carbocycles. The molecule has 0 amide bonds. The van der Waals surface area contributed by atoms with Gasteiger partial charge in [0.25, 0.3) is 5.97 Å².